The third-order valence-electron chi connectivity index (χ3n) is 3.89. The molecule has 0 spiro atoms. The average molecular weight is 340 g/mol. The zero-order valence-electron chi connectivity index (χ0n) is 13.4. The Balaban J connectivity index is 2.01. The van der Waals surface area contributed by atoms with E-state index in [9.17, 15) is 9.59 Å². The summed E-state index contributed by atoms with van der Waals surface area (Å²) in [4.78, 5) is 27.3. The summed E-state index contributed by atoms with van der Waals surface area (Å²) in [6.45, 7) is 0.583. The minimum absolute atomic E-state index is 0.0659. The highest BCUT2D eigenvalue weighted by Gasteiger charge is 2.25. The smallest absolute Gasteiger partial charge is 0.249 e. The van der Waals surface area contributed by atoms with Crippen molar-refractivity contribution < 1.29 is 19.2 Å². The lowest BCUT2D eigenvalue weighted by Crippen LogP contribution is -2.34. The van der Waals surface area contributed by atoms with E-state index in [2.05, 4.69) is 20.8 Å². The van der Waals surface area contributed by atoms with Gasteiger partial charge in [-0.2, -0.15) is 4.98 Å². The van der Waals surface area contributed by atoms with Crippen LogP contribution in [0.1, 0.15) is 55.9 Å². The largest absolute Gasteiger partial charge is 0.394 e. The van der Waals surface area contributed by atoms with Gasteiger partial charge in [0.2, 0.25) is 17.7 Å². The summed E-state index contributed by atoms with van der Waals surface area (Å²) in [7, 11) is 0. The molecular formula is C14H24N6O4. The molecule has 1 aliphatic rings. The van der Waals surface area contributed by atoms with Gasteiger partial charge in [-0.1, -0.05) is 5.16 Å². The highest BCUT2D eigenvalue weighted by molar-refractivity contribution is 5.77. The van der Waals surface area contributed by atoms with Crippen molar-refractivity contribution in [1.29, 1.82) is 0 Å². The minimum Gasteiger partial charge on any atom is -0.394 e. The molecule has 0 unspecified atom stereocenters. The Morgan fingerprint density at radius 3 is 2.92 bits per heavy atom. The highest BCUT2D eigenvalue weighted by atomic mass is 16.5. The number of nitrogens with one attached hydrogen (secondary N) is 2. The summed E-state index contributed by atoms with van der Waals surface area (Å²) in [5.74, 6) is -0.375. The van der Waals surface area contributed by atoms with E-state index in [1.165, 1.54) is 0 Å². The second-order valence-corrected chi connectivity index (χ2v) is 5.90. The Kier molecular flexibility index (Phi) is 6.64. The quantitative estimate of drug-likeness (QED) is 0.366. The molecule has 2 rings (SSSR count). The van der Waals surface area contributed by atoms with Crippen LogP contribution < -0.4 is 22.1 Å². The Labute approximate surface area is 139 Å². The van der Waals surface area contributed by atoms with Crippen LogP contribution in [0.15, 0.2) is 4.52 Å². The molecule has 3 atom stereocenters. The molecule has 0 aliphatic carbocycles. The van der Waals surface area contributed by atoms with Crippen LogP contribution in [0.4, 0.5) is 0 Å². The van der Waals surface area contributed by atoms with Gasteiger partial charge in [0.1, 0.15) is 6.04 Å². The van der Waals surface area contributed by atoms with Crippen LogP contribution in [-0.4, -0.2) is 46.3 Å². The van der Waals surface area contributed by atoms with E-state index in [0.29, 0.717) is 6.42 Å². The van der Waals surface area contributed by atoms with Gasteiger partial charge in [-0.05, 0) is 25.8 Å². The van der Waals surface area contributed by atoms with Gasteiger partial charge < -0.3 is 31.7 Å². The number of aromatic nitrogens is 2. The molecule has 0 saturated carbocycles. The molecule has 1 saturated heterocycles. The van der Waals surface area contributed by atoms with Crippen LogP contribution >= 0.6 is 0 Å². The minimum atomic E-state index is -0.766. The fourth-order valence-corrected chi connectivity index (χ4v) is 2.57. The Morgan fingerprint density at radius 1 is 1.50 bits per heavy atom. The number of hydrogen-bond donors (Lipinski definition) is 5. The van der Waals surface area contributed by atoms with E-state index >= 15 is 0 Å². The molecule has 0 aromatic carbocycles. The van der Waals surface area contributed by atoms with Crippen LogP contribution in [0.3, 0.4) is 0 Å². The monoisotopic (exact) mass is 340 g/mol. The molecule has 24 heavy (non-hydrogen) atoms. The third kappa shape index (κ3) is 5.25. The molecule has 134 valence electrons. The number of amides is 2. The third-order valence-corrected chi connectivity index (χ3v) is 3.89. The summed E-state index contributed by atoms with van der Waals surface area (Å²) in [6.07, 6.45) is 2.65. The first-order chi connectivity index (χ1) is 11.5. The molecule has 10 nitrogen and oxygen atoms in total. The fourth-order valence-electron chi connectivity index (χ4n) is 2.57. The molecule has 0 bridgehead atoms. The maximum Gasteiger partial charge on any atom is 0.249 e. The van der Waals surface area contributed by atoms with Gasteiger partial charge in [-0.3, -0.25) is 9.59 Å². The van der Waals surface area contributed by atoms with Gasteiger partial charge in [-0.15, -0.1) is 0 Å². The number of primary amides is 1. The predicted octanol–water partition coefficient (Wildman–Crippen LogP) is -1.37. The molecule has 2 heterocycles. The van der Waals surface area contributed by atoms with Gasteiger partial charge in [0.25, 0.3) is 0 Å². The average Bonchev–Trinajstić information content (AvgIpc) is 3.21. The Morgan fingerprint density at radius 2 is 2.29 bits per heavy atom. The first-order valence-electron chi connectivity index (χ1n) is 8.00. The molecule has 1 aromatic rings. The number of nitrogens with zero attached hydrogens (tertiary/aromatic N) is 2. The molecule has 1 aromatic heterocycles. The van der Waals surface area contributed by atoms with Gasteiger partial charge in [0, 0.05) is 18.9 Å². The number of hydrogen-bond acceptors (Lipinski definition) is 8. The zero-order valence-corrected chi connectivity index (χ0v) is 13.4. The van der Waals surface area contributed by atoms with Gasteiger partial charge in [-0.25, -0.2) is 0 Å². The van der Waals surface area contributed by atoms with E-state index in [-0.39, 0.29) is 43.1 Å². The van der Waals surface area contributed by atoms with Crippen molar-refractivity contribution in [2.75, 3.05) is 13.2 Å². The maximum absolute atomic E-state index is 12.2. The van der Waals surface area contributed by atoms with Crippen molar-refractivity contribution >= 4 is 11.8 Å². The normalized spacial score (nSPS) is 19.8. The SMILES string of the molecule is NC(=O)CC[C@H](NC(=O)C[C@@H]1CCCN1)c1nc([C@@H](N)CO)no1. The van der Waals surface area contributed by atoms with E-state index in [1.54, 1.807) is 0 Å². The van der Waals surface area contributed by atoms with Gasteiger partial charge in [0.15, 0.2) is 5.82 Å². The zero-order chi connectivity index (χ0) is 17.5. The second-order valence-electron chi connectivity index (χ2n) is 5.90. The molecule has 0 radical (unpaired) electrons. The lowest BCUT2D eigenvalue weighted by molar-refractivity contribution is -0.123. The number of carbonyl (C=O) groups is 2. The van der Waals surface area contributed by atoms with Crippen molar-refractivity contribution in [2.45, 2.75) is 50.2 Å². The summed E-state index contributed by atoms with van der Waals surface area (Å²) in [6, 6.07) is -1.24. The summed E-state index contributed by atoms with van der Waals surface area (Å²) >= 11 is 0. The lowest BCUT2D eigenvalue weighted by Gasteiger charge is -2.16. The van der Waals surface area contributed by atoms with E-state index in [1.807, 2.05) is 0 Å². The number of carbonyl (C=O) groups excluding carboxylic acids is 2. The number of aliphatic hydroxyl groups is 1. The van der Waals surface area contributed by atoms with Crippen LogP contribution in [0.25, 0.3) is 0 Å². The second kappa shape index (κ2) is 8.71. The van der Waals surface area contributed by atoms with Crippen molar-refractivity contribution in [3.63, 3.8) is 0 Å². The first-order valence-corrected chi connectivity index (χ1v) is 8.00. The van der Waals surface area contributed by atoms with Crippen molar-refractivity contribution in [2.24, 2.45) is 11.5 Å². The molecular weight excluding hydrogens is 316 g/mol. The van der Waals surface area contributed by atoms with Gasteiger partial charge >= 0.3 is 0 Å². The standard InChI is InChI=1S/C14H24N6O4/c15-9(7-21)13-19-14(24-20-13)10(3-4-11(16)22)18-12(23)6-8-2-1-5-17-8/h8-10,17,21H,1-7,15H2,(H2,16,22)(H,18,23)/t8-,9-,10-/m0/s1. The molecule has 2 amide bonds. The van der Waals surface area contributed by atoms with Crippen LogP contribution in [0.2, 0.25) is 0 Å². The summed E-state index contributed by atoms with van der Waals surface area (Å²) in [5.41, 5.74) is 10.8. The topological polar surface area (TPSA) is 169 Å². The van der Waals surface area contributed by atoms with Crippen molar-refractivity contribution in [3.05, 3.63) is 11.7 Å². The van der Waals surface area contributed by atoms with Crippen molar-refractivity contribution in [3.8, 4) is 0 Å². The maximum atomic E-state index is 12.2. The van der Waals surface area contributed by atoms with E-state index in [4.69, 9.17) is 21.1 Å². The molecule has 1 fully saturated rings. The van der Waals surface area contributed by atoms with Crippen LogP contribution in [0, 0.1) is 0 Å². The van der Waals surface area contributed by atoms with E-state index in [0.717, 1.165) is 19.4 Å². The number of rotatable bonds is 9. The Bertz CT molecular complexity index is 557. The number of aliphatic hydroxyl groups excluding tert-OH is 1. The number of nitrogens with two attached hydrogens (primary N) is 2. The molecule has 7 N–H and O–H groups in total. The molecule has 10 heteroatoms. The van der Waals surface area contributed by atoms with Crippen LogP contribution in [0.5, 0.6) is 0 Å². The van der Waals surface area contributed by atoms with Gasteiger partial charge in [0.05, 0.1) is 12.6 Å². The Hall–Kier alpha value is -2.04. The predicted molar refractivity (Wildman–Crippen MR) is 83.3 cm³/mol. The lowest BCUT2D eigenvalue weighted by atomic mass is 10.1. The summed E-state index contributed by atoms with van der Waals surface area (Å²) in [5, 5.41) is 18.8. The first kappa shape index (κ1) is 18.3. The highest BCUT2D eigenvalue weighted by Crippen LogP contribution is 2.19. The van der Waals surface area contributed by atoms with Crippen molar-refractivity contribution in [1.82, 2.24) is 20.8 Å². The molecule has 1 aliphatic heterocycles. The summed E-state index contributed by atoms with van der Waals surface area (Å²) < 4.78 is 5.12. The van der Waals surface area contributed by atoms with E-state index < -0.39 is 18.0 Å². The van der Waals surface area contributed by atoms with Crippen LogP contribution in [-0.2, 0) is 9.59 Å². The fraction of sp³-hybridized carbons (Fsp3) is 0.714.